The van der Waals surface area contributed by atoms with Crippen molar-refractivity contribution in [2.45, 2.75) is 6.18 Å². The standard InChI is InChI=1S/C14H8BrF3N2S/c15-9-3-1-2-8(12(9)19)13-20-10-6-7(14(16,17)18)4-5-11(10)21-13/h1-6H,19H2. The van der Waals surface area contributed by atoms with Crippen LogP contribution in [0.4, 0.5) is 18.9 Å². The number of benzene rings is 2. The van der Waals surface area contributed by atoms with Crippen LogP contribution >= 0.6 is 27.3 Å². The molecule has 0 fully saturated rings. The lowest BCUT2D eigenvalue weighted by Crippen LogP contribution is -2.03. The smallest absolute Gasteiger partial charge is 0.397 e. The molecule has 7 heteroatoms. The molecule has 2 nitrogen and oxygen atoms in total. The molecule has 0 aliphatic carbocycles. The zero-order chi connectivity index (χ0) is 15.2. The first-order chi connectivity index (χ1) is 9.86. The van der Waals surface area contributed by atoms with Crippen molar-refractivity contribution >= 4 is 43.2 Å². The van der Waals surface area contributed by atoms with Gasteiger partial charge in [-0.1, -0.05) is 6.07 Å². The Kier molecular flexibility index (Phi) is 3.41. The van der Waals surface area contributed by atoms with E-state index in [1.165, 1.54) is 17.4 Å². The predicted octanol–water partition coefficient (Wildman–Crippen LogP) is 5.33. The number of aromatic nitrogens is 1. The van der Waals surface area contributed by atoms with Gasteiger partial charge in [-0.3, -0.25) is 0 Å². The normalized spacial score (nSPS) is 12.0. The highest BCUT2D eigenvalue weighted by Gasteiger charge is 2.30. The number of rotatable bonds is 1. The fourth-order valence-corrected chi connectivity index (χ4v) is 3.29. The minimum absolute atomic E-state index is 0.323. The van der Waals surface area contributed by atoms with E-state index in [0.717, 1.165) is 16.6 Å². The molecule has 0 radical (unpaired) electrons. The summed E-state index contributed by atoms with van der Waals surface area (Å²) in [6, 6.07) is 8.96. The monoisotopic (exact) mass is 372 g/mol. The Hall–Kier alpha value is -1.60. The van der Waals surface area contributed by atoms with E-state index in [-0.39, 0.29) is 0 Å². The molecular weight excluding hydrogens is 365 g/mol. The SMILES string of the molecule is Nc1c(Br)cccc1-c1nc2cc(C(F)(F)F)ccc2s1. The van der Waals surface area contributed by atoms with Gasteiger partial charge in [-0.05, 0) is 46.3 Å². The summed E-state index contributed by atoms with van der Waals surface area (Å²) in [6.07, 6.45) is -4.37. The zero-order valence-corrected chi connectivity index (χ0v) is 12.8. The van der Waals surface area contributed by atoms with Crippen molar-refractivity contribution in [3.63, 3.8) is 0 Å². The first-order valence-corrected chi connectivity index (χ1v) is 7.49. The lowest BCUT2D eigenvalue weighted by molar-refractivity contribution is -0.137. The van der Waals surface area contributed by atoms with Crippen LogP contribution in [0.25, 0.3) is 20.8 Å². The van der Waals surface area contributed by atoms with E-state index in [4.69, 9.17) is 5.73 Å². The van der Waals surface area contributed by atoms with Gasteiger partial charge < -0.3 is 5.73 Å². The van der Waals surface area contributed by atoms with Gasteiger partial charge in [0.05, 0.1) is 21.5 Å². The number of para-hydroxylation sites is 1. The second-order valence-electron chi connectivity index (χ2n) is 4.40. The summed E-state index contributed by atoms with van der Waals surface area (Å²) in [5.41, 5.74) is 6.83. The van der Waals surface area contributed by atoms with Crippen LogP contribution in [0.3, 0.4) is 0 Å². The Morgan fingerprint density at radius 2 is 1.90 bits per heavy atom. The van der Waals surface area contributed by atoms with Crippen LogP contribution in [0.15, 0.2) is 40.9 Å². The molecule has 0 amide bonds. The molecule has 108 valence electrons. The number of thiazole rings is 1. The Morgan fingerprint density at radius 3 is 2.62 bits per heavy atom. The molecule has 3 rings (SSSR count). The molecule has 21 heavy (non-hydrogen) atoms. The molecule has 0 bridgehead atoms. The van der Waals surface area contributed by atoms with Crippen LogP contribution in [0.5, 0.6) is 0 Å². The van der Waals surface area contributed by atoms with Gasteiger partial charge in [0.15, 0.2) is 0 Å². The molecule has 0 saturated heterocycles. The lowest BCUT2D eigenvalue weighted by Gasteiger charge is -2.05. The third-order valence-electron chi connectivity index (χ3n) is 3.00. The fourth-order valence-electron chi connectivity index (χ4n) is 1.94. The number of halogens is 4. The van der Waals surface area contributed by atoms with E-state index < -0.39 is 11.7 Å². The second kappa shape index (κ2) is 4.99. The van der Waals surface area contributed by atoms with E-state index in [1.54, 1.807) is 12.1 Å². The van der Waals surface area contributed by atoms with Crippen molar-refractivity contribution in [3.8, 4) is 10.6 Å². The van der Waals surface area contributed by atoms with E-state index in [2.05, 4.69) is 20.9 Å². The van der Waals surface area contributed by atoms with E-state index in [9.17, 15) is 13.2 Å². The highest BCUT2D eigenvalue weighted by molar-refractivity contribution is 9.10. The third kappa shape index (κ3) is 2.63. The molecule has 0 atom stereocenters. The van der Waals surface area contributed by atoms with Gasteiger partial charge in [0, 0.05) is 10.0 Å². The molecule has 1 heterocycles. The number of fused-ring (bicyclic) bond motifs is 1. The molecule has 0 aliphatic rings. The van der Waals surface area contributed by atoms with Gasteiger partial charge in [-0.25, -0.2) is 4.98 Å². The van der Waals surface area contributed by atoms with Crippen LogP contribution in [0.2, 0.25) is 0 Å². The summed E-state index contributed by atoms with van der Waals surface area (Å²) < 4.78 is 39.6. The predicted molar refractivity (Wildman–Crippen MR) is 82.2 cm³/mol. The molecule has 0 aliphatic heterocycles. The van der Waals surface area contributed by atoms with Crippen molar-refractivity contribution in [1.82, 2.24) is 4.98 Å². The first-order valence-electron chi connectivity index (χ1n) is 5.88. The molecule has 2 N–H and O–H groups in total. The Balaban J connectivity index is 2.15. The summed E-state index contributed by atoms with van der Waals surface area (Å²) in [7, 11) is 0. The Bertz CT molecular complexity index is 827. The van der Waals surface area contributed by atoms with Crippen molar-refractivity contribution in [1.29, 1.82) is 0 Å². The quantitative estimate of drug-likeness (QED) is 0.586. The Morgan fingerprint density at radius 1 is 1.14 bits per heavy atom. The molecule has 1 aromatic heterocycles. The van der Waals surface area contributed by atoms with Gasteiger partial charge in [-0.15, -0.1) is 11.3 Å². The molecule has 0 spiro atoms. The summed E-state index contributed by atoms with van der Waals surface area (Å²) in [5.74, 6) is 0. The van der Waals surface area contributed by atoms with E-state index in [1.807, 2.05) is 6.07 Å². The molecule has 0 unspecified atom stereocenters. The fraction of sp³-hybridized carbons (Fsp3) is 0.0714. The highest BCUT2D eigenvalue weighted by atomic mass is 79.9. The maximum atomic E-state index is 12.7. The summed E-state index contributed by atoms with van der Waals surface area (Å²) in [5, 5.41) is 0.600. The first kappa shape index (κ1) is 14.3. The van der Waals surface area contributed by atoms with Crippen molar-refractivity contribution in [3.05, 3.63) is 46.4 Å². The topological polar surface area (TPSA) is 38.9 Å². The second-order valence-corrected chi connectivity index (χ2v) is 6.29. The largest absolute Gasteiger partial charge is 0.416 e. The number of hydrogen-bond donors (Lipinski definition) is 1. The van der Waals surface area contributed by atoms with Crippen LogP contribution in [0.1, 0.15) is 5.56 Å². The van der Waals surface area contributed by atoms with Crippen LogP contribution in [-0.2, 0) is 6.18 Å². The van der Waals surface area contributed by atoms with Gasteiger partial charge in [0.2, 0.25) is 0 Å². The van der Waals surface area contributed by atoms with Crippen molar-refractivity contribution in [2.24, 2.45) is 0 Å². The lowest BCUT2D eigenvalue weighted by atomic mass is 10.2. The van der Waals surface area contributed by atoms with Gasteiger partial charge in [-0.2, -0.15) is 13.2 Å². The molecule has 0 saturated carbocycles. The van der Waals surface area contributed by atoms with E-state index >= 15 is 0 Å². The number of nitrogen functional groups attached to an aromatic ring is 1. The number of alkyl halides is 3. The maximum Gasteiger partial charge on any atom is 0.416 e. The molecular formula is C14H8BrF3N2S. The van der Waals surface area contributed by atoms with Gasteiger partial charge in [0.1, 0.15) is 5.01 Å². The maximum absolute atomic E-state index is 12.7. The summed E-state index contributed by atoms with van der Waals surface area (Å²) in [4.78, 5) is 4.28. The minimum atomic E-state index is -4.37. The van der Waals surface area contributed by atoms with Crippen LogP contribution in [-0.4, -0.2) is 4.98 Å². The highest BCUT2D eigenvalue weighted by Crippen LogP contribution is 2.38. The Labute approximate surface area is 130 Å². The van der Waals surface area contributed by atoms with Gasteiger partial charge in [0.25, 0.3) is 0 Å². The summed E-state index contributed by atoms with van der Waals surface area (Å²) in [6.45, 7) is 0. The average molecular weight is 373 g/mol. The number of anilines is 1. The average Bonchev–Trinajstić information content (AvgIpc) is 2.83. The van der Waals surface area contributed by atoms with Crippen LogP contribution < -0.4 is 5.73 Å². The van der Waals surface area contributed by atoms with Crippen LogP contribution in [0, 0.1) is 0 Å². The molecule has 2 aromatic carbocycles. The molecule has 3 aromatic rings. The third-order valence-corrected chi connectivity index (χ3v) is 4.76. The minimum Gasteiger partial charge on any atom is -0.397 e. The van der Waals surface area contributed by atoms with Crippen molar-refractivity contribution < 1.29 is 13.2 Å². The number of hydrogen-bond acceptors (Lipinski definition) is 3. The number of nitrogens with zero attached hydrogens (tertiary/aromatic N) is 1. The zero-order valence-electron chi connectivity index (χ0n) is 10.4. The van der Waals surface area contributed by atoms with Crippen molar-refractivity contribution in [2.75, 3.05) is 5.73 Å². The van der Waals surface area contributed by atoms with E-state index in [0.29, 0.717) is 26.5 Å². The summed E-state index contributed by atoms with van der Waals surface area (Å²) >= 11 is 4.64. The number of nitrogens with two attached hydrogens (primary N) is 1. The van der Waals surface area contributed by atoms with Gasteiger partial charge >= 0.3 is 6.18 Å².